The Kier molecular flexibility index (Phi) is 3.03. The normalized spacial score (nSPS) is 13.0. The van der Waals surface area contributed by atoms with Crippen LogP contribution >= 0.6 is 11.6 Å². The van der Waals surface area contributed by atoms with Crippen molar-refractivity contribution >= 4 is 11.6 Å². The van der Waals surface area contributed by atoms with E-state index in [1.54, 1.807) is 16.8 Å². The van der Waals surface area contributed by atoms with Crippen molar-refractivity contribution in [3.63, 3.8) is 0 Å². The number of nitrogens with zero attached hydrogens (tertiary/aromatic N) is 2. The smallest absolute Gasteiger partial charge is 0.193 e. The van der Waals surface area contributed by atoms with Crippen LogP contribution in [0.5, 0.6) is 0 Å². The number of hydrogen-bond donors (Lipinski definition) is 1. The summed E-state index contributed by atoms with van der Waals surface area (Å²) in [4.78, 5) is 0. The molecular formula is C11H13ClN2O2. The summed E-state index contributed by atoms with van der Waals surface area (Å²) in [7, 11) is 1.85. The van der Waals surface area contributed by atoms with Crippen molar-refractivity contribution in [2.75, 3.05) is 0 Å². The molecule has 0 saturated heterocycles. The third kappa shape index (κ3) is 2.28. The molecule has 2 heterocycles. The van der Waals surface area contributed by atoms with Gasteiger partial charge in [0.25, 0.3) is 0 Å². The summed E-state index contributed by atoms with van der Waals surface area (Å²) in [6.45, 7) is 1.92. The molecule has 1 unspecified atom stereocenters. The molecule has 4 nitrogen and oxygen atoms in total. The molecule has 1 atom stereocenters. The van der Waals surface area contributed by atoms with Crippen molar-refractivity contribution in [2.45, 2.75) is 19.4 Å². The molecule has 0 amide bonds. The maximum Gasteiger partial charge on any atom is 0.193 e. The standard InChI is InChI=1S/C11H13ClN2O2/c1-7-5-8(14(2)13-7)6-9(15)10-3-4-11(12)16-10/h3-5,9,15H,6H2,1-2H3. The summed E-state index contributed by atoms with van der Waals surface area (Å²) < 4.78 is 6.90. The first kappa shape index (κ1) is 11.2. The Morgan fingerprint density at radius 1 is 1.56 bits per heavy atom. The quantitative estimate of drug-likeness (QED) is 0.895. The van der Waals surface area contributed by atoms with Gasteiger partial charge in [0.1, 0.15) is 11.9 Å². The van der Waals surface area contributed by atoms with Crippen LogP contribution in [0.4, 0.5) is 0 Å². The van der Waals surface area contributed by atoms with Crippen molar-refractivity contribution in [1.29, 1.82) is 0 Å². The van der Waals surface area contributed by atoms with Crippen LogP contribution in [0, 0.1) is 6.92 Å². The van der Waals surface area contributed by atoms with E-state index in [2.05, 4.69) is 5.10 Å². The second-order valence-electron chi connectivity index (χ2n) is 3.76. The van der Waals surface area contributed by atoms with Crippen LogP contribution in [0.3, 0.4) is 0 Å². The second-order valence-corrected chi connectivity index (χ2v) is 4.13. The van der Waals surface area contributed by atoms with Crippen molar-refractivity contribution in [2.24, 2.45) is 7.05 Å². The van der Waals surface area contributed by atoms with Crippen molar-refractivity contribution in [1.82, 2.24) is 9.78 Å². The summed E-state index contributed by atoms with van der Waals surface area (Å²) in [6.07, 6.45) is -0.233. The number of hydrogen-bond acceptors (Lipinski definition) is 3. The largest absolute Gasteiger partial charge is 0.447 e. The number of halogens is 1. The lowest BCUT2D eigenvalue weighted by molar-refractivity contribution is 0.148. The zero-order valence-electron chi connectivity index (χ0n) is 9.14. The lowest BCUT2D eigenvalue weighted by Gasteiger charge is -2.07. The highest BCUT2D eigenvalue weighted by Gasteiger charge is 2.15. The van der Waals surface area contributed by atoms with Crippen molar-refractivity contribution < 1.29 is 9.52 Å². The molecule has 5 heteroatoms. The van der Waals surface area contributed by atoms with E-state index < -0.39 is 6.10 Å². The minimum Gasteiger partial charge on any atom is -0.447 e. The zero-order chi connectivity index (χ0) is 11.7. The van der Waals surface area contributed by atoms with Gasteiger partial charge in [-0.25, -0.2) is 0 Å². The molecule has 0 fully saturated rings. The summed E-state index contributed by atoms with van der Waals surface area (Å²) >= 11 is 5.65. The minimum absolute atomic E-state index is 0.287. The van der Waals surface area contributed by atoms with Crippen LogP contribution in [0.2, 0.25) is 5.22 Å². The second kappa shape index (κ2) is 4.31. The first-order valence-electron chi connectivity index (χ1n) is 4.99. The van der Waals surface area contributed by atoms with E-state index >= 15 is 0 Å². The van der Waals surface area contributed by atoms with Crippen molar-refractivity contribution in [3.8, 4) is 0 Å². The van der Waals surface area contributed by atoms with Crippen LogP contribution < -0.4 is 0 Å². The van der Waals surface area contributed by atoms with Gasteiger partial charge in [0.2, 0.25) is 0 Å². The predicted octanol–water partition coefficient (Wildman–Crippen LogP) is 2.25. The molecule has 2 aromatic heterocycles. The molecule has 0 radical (unpaired) electrons. The van der Waals surface area contributed by atoms with E-state index in [9.17, 15) is 5.11 Å². The monoisotopic (exact) mass is 240 g/mol. The Morgan fingerprint density at radius 3 is 2.81 bits per heavy atom. The predicted molar refractivity (Wildman–Crippen MR) is 60.3 cm³/mol. The Labute approximate surface area is 98.4 Å². The highest BCUT2D eigenvalue weighted by molar-refractivity contribution is 6.28. The average molecular weight is 241 g/mol. The molecule has 0 aromatic carbocycles. The number of furan rings is 1. The molecule has 0 aliphatic carbocycles. The zero-order valence-corrected chi connectivity index (χ0v) is 9.90. The van der Waals surface area contributed by atoms with Gasteiger partial charge in [0.15, 0.2) is 5.22 Å². The minimum atomic E-state index is -0.692. The number of aryl methyl sites for hydroxylation is 2. The molecule has 0 spiro atoms. The molecular weight excluding hydrogens is 228 g/mol. The first-order valence-corrected chi connectivity index (χ1v) is 5.37. The topological polar surface area (TPSA) is 51.2 Å². The van der Waals surface area contributed by atoms with Gasteiger partial charge in [0, 0.05) is 19.2 Å². The van der Waals surface area contributed by atoms with Gasteiger partial charge in [-0.15, -0.1) is 0 Å². The van der Waals surface area contributed by atoms with Gasteiger partial charge in [0.05, 0.1) is 5.69 Å². The number of rotatable bonds is 3. The molecule has 1 N–H and O–H groups in total. The molecule has 0 aliphatic rings. The molecule has 16 heavy (non-hydrogen) atoms. The van der Waals surface area contributed by atoms with E-state index in [-0.39, 0.29) is 5.22 Å². The Hall–Kier alpha value is -1.26. The third-order valence-corrected chi connectivity index (χ3v) is 2.63. The van der Waals surface area contributed by atoms with Crippen LogP contribution in [0.1, 0.15) is 23.3 Å². The van der Waals surface area contributed by atoms with E-state index in [0.717, 1.165) is 11.4 Å². The highest BCUT2D eigenvalue weighted by Crippen LogP contribution is 2.23. The average Bonchev–Trinajstić information content (AvgIpc) is 2.74. The summed E-state index contributed by atoms with van der Waals surface area (Å²) in [6, 6.07) is 5.23. The van der Waals surface area contributed by atoms with E-state index in [1.807, 2.05) is 20.0 Å². The SMILES string of the molecule is Cc1cc(CC(O)c2ccc(Cl)o2)n(C)n1. The van der Waals surface area contributed by atoms with Gasteiger partial charge < -0.3 is 9.52 Å². The molecule has 0 bridgehead atoms. The maximum atomic E-state index is 9.93. The van der Waals surface area contributed by atoms with E-state index in [1.165, 1.54) is 0 Å². The van der Waals surface area contributed by atoms with Crippen LogP contribution in [-0.4, -0.2) is 14.9 Å². The Balaban J connectivity index is 2.13. The fourth-order valence-corrected chi connectivity index (χ4v) is 1.81. The first-order chi connectivity index (χ1) is 7.56. The van der Waals surface area contributed by atoms with Gasteiger partial charge in [-0.3, -0.25) is 4.68 Å². The van der Waals surface area contributed by atoms with E-state index in [4.69, 9.17) is 16.0 Å². The summed E-state index contributed by atoms with van der Waals surface area (Å²) in [5.41, 5.74) is 1.89. The summed E-state index contributed by atoms with van der Waals surface area (Å²) in [5, 5.41) is 14.4. The lowest BCUT2D eigenvalue weighted by atomic mass is 10.1. The number of aromatic nitrogens is 2. The third-order valence-electron chi connectivity index (χ3n) is 2.42. The lowest BCUT2D eigenvalue weighted by Crippen LogP contribution is -2.05. The Morgan fingerprint density at radius 2 is 2.31 bits per heavy atom. The van der Waals surface area contributed by atoms with Crippen LogP contribution in [0.15, 0.2) is 22.6 Å². The molecule has 0 saturated carbocycles. The molecule has 86 valence electrons. The molecule has 2 aromatic rings. The number of aliphatic hydroxyl groups is 1. The van der Waals surface area contributed by atoms with Crippen molar-refractivity contribution in [3.05, 3.63) is 40.6 Å². The molecule has 2 rings (SSSR count). The summed E-state index contributed by atoms with van der Waals surface area (Å²) in [5.74, 6) is 0.476. The highest BCUT2D eigenvalue weighted by atomic mass is 35.5. The Bertz CT molecular complexity index is 490. The van der Waals surface area contributed by atoms with Gasteiger partial charge in [-0.05, 0) is 36.7 Å². The van der Waals surface area contributed by atoms with Crippen LogP contribution in [-0.2, 0) is 13.5 Å². The van der Waals surface area contributed by atoms with Gasteiger partial charge in [-0.1, -0.05) is 0 Å². The maximum absolute atomic E-state index is 9.93. The van der Waals surface area contributed by atoms with E-state index in [0.29, 0.717) is 12.2 Å². The van der Waals surface area contributed by atoms with Crippen LogP contribution in [0.25, 0.3) is 0 Å². The fourth-order valence-electron chi connectivity index (χ4n) is 1.66. The molecule has 0 aliphatic heterocycles. The number of aliphatic hydroxyl groups excluding tert-OH is 1. The fraction of sp³-hybridized carbons (Fsp3) is 0.364. The van der Waals surface area contributed by atoms with Gasteiger partial charge >= 0.3 is 0 Å². The van der Waals surface area contributed by atoms with Gasteiger partial charge in [-0.2, -0.15) is 5.10 Å².